The molecule has 0 saturated carbocycles. The number of rotatable bonds is 2. The van der Waals surface area contributed by atoms with Crippen LogP contribution in [0, 0.1) is 0 Å². The molecule has 0 atom stereocenters. The molecule has 0 unspecified atom stereocenters. The summed E-state index contributed by atoms with van der Waals surface area (Å²) < 4.78 is 0. The SMILES string of the molecule is CCCC(O)O.Oc1ccc(O)cc1. The molecule has 1 aromatic rings. The molecule has 0 saturated heterocycles. The van der Waals surface area contributed by atoms with Gasteiger partial charge in [0.05, 0.1) is 0 Å². The maximum Gasteiger partial charge on any atom is 0.151 e. The van der Waals surface area contributed by atoms with Crippen LogP contribution in [0.3, 0.4) is 0 Å². The largest absolute Gasteiger partial charge is 0.508 e. The van der Waals surface area contributed by atoms with Crippen LogP contribution in [-0.4, -0.2) is 26.7 Å². The summed E-state index contributed by atoms with van der Waals surface area (Å²) in [5.41, 5.74) is 0. The molecule has 0 aliphatic carbocycles. The number of aromatic hydroxyl groups is 2. The van der Waals surface area contributed by atoms with Gasteiger partial charge in [-0.3, -0.25) is 0 Å². The van der Waals surface area contributed by atoms with Gasteiger partial charge in [-0.15, -0.1) is 0 Å². The number of aliphatic hydroxyl groups is 2. The quantitative estimate of drug-likeness (QED) is 0.427. The Morgan fingerprint density at radius 1 is 1.00 bits per heavy atom. The third-order valence-electron chi connectivity index (χ3n) is 1.40. The lowest BCUT2D eigenvalue weighted by molar-refractivity contribution is -0.0453. The molecule has 0 bridgehead atoms. The Morgan fingerprint density at radius 2 is 1.36 bits per heavy atom. The second-order valence-electron chi connectivity index (χ2n) is 2.79. The molecular formula is C10H16O4. The average molecular weight is 200 g/mol. The van der Waals surface area contributed by atoms with Gasteiger partial charge in [-0.1, -0.05) is 13.3 Å². The van der Waals surface area contributed by atoms with E-state index in [1.165, 1.54) is 24.3 Å². The summed E-state index contributed by atoms with van der Waals surface area (Å²) in [4.78, 5) is 0. The Labute approximate surface area is 83.1 Å². The van der Waals surface area contributed by atoms with Crippen LogP contribution in [-0.2, 0) is 0 Å². The first kappa shape index (κ1) is 12.7. The molecule has 4 N–H and O–H groups in total. The van der Waals surface area contributed by atoms with Crippen LogP contribution in [0.5, 0.6) is 11.5 Å². The summed E-state index contributed by atoms with van der Waals surface area (Å²) in [6, 6.07) is 5.70. The van der Waals surface area contributed by atoms with Crippen molar-refractivity contribution >= 4 is 0 Å². The molecule has 0 amide bonds. The third-order valence-corrected chi connectivity index (χ3v) is 1.40. The summed E-state index contributed by atoms with van der Waals surface area (Å²) >= 11 is 0. The zero-order valence-electron chi connectivity index (χ0n) is 8.09. The van der Waals surface area contributed by atoms with E-state index in [0.717, 1.165) is 6.42 Å². The van der Waals surface area contributed by atoms with Gasteiger partial charge in [0.15, 0.2) is 6.29 Å². The van der Waals surface area contributed by atoms with Gasteiger partial charge in [0.2, 0.25) is 0 Å². The normalized spacial score (nSPS) is 9.43. The van der Waals surface area contributed by atoms with Crippen LogP contribution in [0.2, 0.25) is 0 Å². The average Bonchev–Trinajstić information content (AvgIpc) is 2.11. The molecular weight excluding hydrogens is 184 g/mol. The maximum absolute atomic E-state index is 8.65. The molecule has 1 rings (SSSR count). The predicted octanol–water partition coefficient (Wildman–Crippen LogP) is 1.19. The fourth-order valence-corrected chi connectivity index (χ4v) is 0.711. The van der Waals surface area contributed by atoms with E-state index in [-0.39, 0.29) is 11.5 Å². The van der Waals surface area contributed by atoms with Crippen LogP contribution in [0.4, 0.5) is 0 Å². The summed E-state index contributed by atoms with van der Waals surface area (Å²) in [5.74, 6) is 0.339. The molecule has 0 heterocycles. The summed E-state index contributed by atoms with van der Waals surface area (Å²) in [5, 5.41) is 33.5. The zero-order valence-corrected chi connectivity index (χ0v) is 8.09. The minimum absolute atomic E-state index is 0.169. The van der Waals surface area contributed by atoms with E-state index < -0.39 is 6.29 Å². The van der Waals surface area contributed by atoms with Crippen molar-refractivity contribution < 1.29 is 20.4 Å². The van der Waals surface area contributed by atoms with Crippen molar-refractivity contribution in [2.75, 3.05) is 0 Å². The van der Waals surface area contributed by atoms with Crippen molar-refractivity contribution in [2.45, 2.75) is 26.1 Å². The smallest absolute Gasteiger partial charge is 0.151 e. The Balaban J connectivity index is 0.000000255. The molecule has 0 aliphatic rings. The van der Waals surface area contributed by atoms with Crippen LogP contribution >= 0.6 is 0 Å². The Hall–Kier alpha value is -1.26. The van der Waals surface area contributed by atoms with Gasteiger partial charge in [0.25, 0.3) is 0 Å². The minimum atomic E-state index is -1.10. The zero-order chi connectivity index (χ0) is 11.0. The summed E-state index contributed by atoms with van der Waals surface area (Å²) in [6.45, 7) is 1.90. The highest BCUT2D eigenvalue weighted by Gasteiger charge is 1.89. The van der Waals surface area contributed by atoms with Crippen LogP contribution in [0.1, 0.15) is 19.8 Å². The summed E-state index contributed by atoms with van der Waals surface area (Å²) in [6.07, 6.45) is 0.215. The number of hydrogen-bond donors (Lipinski definition) is 4. The highest BCUT2D eigenvalue weighted by molar-refractivity contribution is 5.28. The van der Waals surface area contributed by atoms with Crippen molar-refractivity contribution in [1.29, 1.82) is 0 Å². The lowest BCUT2D eigenvalue weighted by Crippen LogP contribution is -2.01. The Kier molecular flexibility index (Phi) is 6.53. The van der Waals surface area contributed by atoms with Crippen LogP contribution < -0.4 is 0 Å². The van der Waals surface area contributed by atoms with Gasteiger partial charge >= 0.3 is 0 Å². The van der Waals surface area contributed by atoms with Crippen molar-refractivity contribution in [1.82, 2.24) is 0 Å². The second kappa shape index (κ2) is 7.17. The van der Waals surface area contributed by atoms with E-state index >= 15 is 0 Å². The maximum atomic E-state index is 8.65. The van der Waals surface area contributed by atoms with Gasteiger partial charge in [-0.2, -0.15) is 0 Å². The summed E-state index contributed by atoms with van der Waals surface area (Å²) in [7, 11) is 0. The van der Waals surface area contributed by atoms with E-state index in [0.29, 0.717) is 6.42 Å². The van der Waals surface area contributed by atoms with Crippen molar-refractivity contribution in [3.8, 4) is 11.5 Å². The minimum Gasteiger partial charge on any atom is -0.508 e. The molecule has 4 nitrogen and oxygen atoms in total. The molecule has 0 spiro atoms. The molecule has 0 aromatic heterocycles. The molecule has 0 radical (unpaired) electrons. The van der Waals surface area contributed by atoms with Crippen LogP contribution in [0.25, 0.3) is 0 Å². The molecule has 0 aliphatic heterocycles. The van der Waals surface area contributed by atoms with E-state index in [9.17, 15) is 0 Å². The first-order valence-electron chi connectivity index (χ1n) is 4.40. The number of phenols is 2. The van der Waals surface area contributed by atoms with Crippen molar-refractivity contribution in [2.24, 2.45) is 0 Å². The standard InChI is InChI=1S/C6H6O2.C4H10O2/c7-5-1-2-6(8)4-3-5;1-2-3-4(5)6/h1-4,7-8H;4-6H,2-3H2,1H3. The lowest BCUT2D eigenvalue weighted by atomic mass is 10.3. The van der Waals surface area contributed by atoms with E-state index in [1.807, 2.05) is 6.92 Å². The van der Waals surface area contributed by atoms with E-state index in [1.54, 1.807) is 0 Å². The fraction of sp³-hybridized carbons (Fsp3) is 0.400. The molecule has 0 fully saturated rings. The Bertz CT molecular complexity index is 209. The van der Waals surface area contributed by atoms with Gasteiger partial charge in [-0.25, -0.2) is 0 Å². The van der Waals surface area contributed by atoms with E-state index in [2.05, 4.69) is 0 Å². The van der Waals surface area contributed by atoms with E-state index in [4.69, 9.17) is 20.4 Å². The number of benzene rings is 1. The fourth-order valence-electron chi connectivity index (χ4n) is 0.711. The topological polar surface area (TPSA) is 80.9 Å². The van der Waals surface area contributed by atoms with Gasteiger partial charge in [0, 0.05) is 0 Å². The Morgan fingerprint density at radius 3 is 1.50 bits per heavy atom. The number of phenolic OH excluding ortho intramolecular Hbond substituents is 2. The monoisotopic (exact) mass is 200 g/mol. The molecule has 14 heavy (non-hydrogen) atoms. The highest BCUT2D eigenvalue weighted by Crippen LogP contribution is 2.13. The van der Waals surface area contributed by atoms with Crippen molar-refractivity contribution in [3.05, 3.63) is 24.3 Å². The number of hydrogen-bond acceptors (Lipinski definition) is 4. The van der Waals surface area contributed by atoms with Gasteiger partial charge in [-0.05, 0) is 30.7 Å². The molecule has 4 heteroatoms. The second-order valence-corrected chi connectivity index (χ2v) is 2.79. The first-order chi connectivity index (χ1) is 6.56. The molecule has 80 valence electrons. The van der Waals surface area contributed by atoms with Crippen LogP contribution in [0.15, 0.2) is 24.3 Å². The predicted molar refractivity (Wildman–Crippen MR) is 52.9 cm³/mol. The van der Waals surface area contributed by atoms with Gasteiger partial charge in [0.1, 0.15) is 11.5 Å². The highest BCUT2D eigenvalue weighted by atomic mass is 16.5. The lowest BCUT2D eigenvalue weighted by Gasteiger charge is -1.94. The third kappa shape index (κ3) is 7.39. The first-order valence-corrected chi connectivity index (χ1v) is 4.40. The van der Waals surface area contributed by atoms with Gasteiger partial charge < -0.3 is 20.4 Å². The van der Waals surface area contributed by atoms with Crippen molar-refractivity contribution in [3.63, 3.8) is 0 Å². The molecule has 1 aromatic carbocycles. The number of aliphatic hydroxyl groups excluding tert-OH is 1.